The molecule has 2 aromatic rings. The fourth-order valence-electron chi connectivity index (χ4n) is 2.14. The molecular weight excluding hydrogens is 286 g/mol. The second kappa shape index (κ2) is 6.34. The number of aromatic nitrogens is 1. The lowest BCUT2D eigenvalue weighted by Crippen LogP contribution is -2.45. The van der Waals surface area contributed by atoms with Gasteiger partial charge in [-0.2, -0.15) is 0 Å². The van der Waals surface area contributed by atoms with Crippen molar-refractivity contribution >= 4 is 22.9 Å². The highest BCUT2D eigenvalue weighted by Gasteiger charge is 2.21. The number of nitrogens with zero attached hydrogens (tertiary/aromatic N) is 1. The van der Waals surface area contributed by atoms with E-state index in [9.17, 15) is 4.79 Å². The van der Waals surface area contributed by atoms with Gasteiger partial charge in [-0.3, -0.25) is 4.79 Å². The number of hydrogen-bond donors (Lipinski definition) is 2. The minimum absolute atomic E-state index is 0.111. The molecule has 1 aromatic heterocycles. The Morgan fingerprint density at radius 2 is 2.24 bits per heavy atom. The third-order valence-electron chi connectivity index (χ3n) is 3.24. The highest BCUT2D eigenvalue weighted by Crippen LogP contribution is 2.24. The van der Waals surface area contributed by atoms with Crippen molar-refractivity contribution in [3.05, 3.63) is 35.3 Å². The van der Waals surface area contributed by atoms with Gasteiger partial charge in [-0.1, -0.05) is 0 Å². The van der Waals surface area contributed by atoms with Gasteiger partial charge in [0.25, 0.3) is 5.91 Å². The molecule has 3 rings (SSSR count). The molecule has 1 fully saturated rings. The maximum atomic E-state index is 12.0. The van der Waals surface area contributed by atoms with Gasteiger partial charge in [0.1, 0.15) is 11.1 Å². The zero-order valence-corrected chi connectivity index (χ0v) is 12.6. The molecule has 1 aliphatic rings. The van der Waals surface area contributed by atoms with E-state index in [0.29, 0.717) is 13.2 Å². The monoisotopic (exact) mass is 303 g/mol. The molecule has 5 nitrogen and oxygen atoms in total. The Balaban J connectivity index is 1.65. The molecule has 21 heavy (non-hydrogen) atoms. The van der Waals surface area contributed by atoms with Crippen LogP contribution in [0.1, 0.15) is 5.69 Å². The SMILES string of the molecule is Cc1csc(-c2ccc(NC(=O)C3CNCCO3)cc2)n1. The normalized spacial score (nSPS) is 18.4. The number of thiazole rings is 1. The van der Waals surface area contributed by atoms with E-state index in [1.54, 1.807) is 11.3 Å². The maximum absolute atomic E-state index is 12.0. The average Bonchev–Trinajstić information content (AvgIpc) is 2.95. The molecule has 0 aliphatic carbocycles. The summed E-state index contributed by atoms with van der Waals surface area (Å²) in [6.07, 6.45) is -0.417. The first-order chi connectivity index (χ1) is 10.2. The summed E-state index contributed by atoms with van der Waals surface area (Å²) in [6, 6.07) is 7.71. The van der Waals surface area contributed by atoms with E-state index in [4.69, 9.17) is 4.74 Å². The number of carbonyl (C=O) groups excluding carboxylic acids is 1. The molecule has 0 radical (unpaired) electrons. The number of anilines is 1. The Kier molecular flexibility index (Phi) is 4.28. The molecule has 110 valence electrons. The lowest BCUT2D eigenvalue weighted by Gasteiger charge is -2.22. The van der Waals surface area contributed by atoms with Crippen molar-refractivity contribution in [3.8, 4) is 10.6 Å². The van der Waals surface area contributed by atoms with Crippen molar-refractivity contribution in [3.63, 3.8) is 0 Å². The summed E-state index contributed by atoms with van der Waals surface area (Å²) in [7, 11) is 0. The summed E-state index contributed by atoms with van der Waals surface area (Å²) in [6.45, 7) is 3.90. The van der Waals surface area contributed by atoms with Crippen LogP contribution in [-0.4, -0.2) is 36.7 Å². The van der Waals surface area contributed by atoms with Crippen LogP contribution < -0.4 is 10.6 Å². The van der Waals surface area contributed by atoms with Crippen LogP contribution in [0.15, 0.2) is 29.6 Å². The first-order valence-electron chi connectivity index (χ1n) is 6.88. The predicted octanol–water partition coefficient (Wildman–Crippen LogP) is 2.05. The Morgan fingerprint density at radius 1 is 1.43 bits per heavy atom. The molecule has 0 saturated carbocycles. The van der Waals surface area contributed by atoms with Gasteiger partial charge in [-0.05, 0) is 31.2 Å². The molecule has 1 unspecified atom stereocenters. The summed E-state index contributed by atoms with van der Waals surface area (Å²) in [5.41, 5.74) is 2.85. The number of hydrogen-bond acceptors (Lipinski definition) is 5. The number of aryl methyl sites for hydroxylation is 1. The van der Waals surface area contributed by atoms with Gasteiger partial charge in [-0.25, -0.2) is 4.98 Å². The smallest absolute Gasteiger partial charge is 0.254 e. The van der Waals surface area contributed by atoms with Gasteiger partial charge in [0, 0.05) is 35.4 Å². The molecule has 1 aromatic carbocycles. The van der Waals surface area contributed by atoms with Gasteiger partial charge in [-0.15, -0.1) is 11.3 Å². The number of morpholine rings is 1. The van der Waals surface area contributed by atoms with E-state index in [1.165, 1.54) is 0 Å². The fraction of sp³-hybridized carbons (Fsp3) is 0.333. The number of benzene rings is 1. The second-order valence-corrected chi connectivity index (χ2v) is 5.78. The fourth-order valence-corrected chi connectivity index (χ4v) is 2.94. The van der Waals surface area contributed by atoms with E-state index >= 15 is 0 Å². The number of amides is 1. The third-order valence-corrected chi connectivity index (χ3v) is 4.25. The summed E-state index contributed by atoms with van der Waals surface area (Å²) < 4.78 is 5.42. The van der Waals surface area contributed by atoms with Crippen LogP contribution in [-0.2, 0) is 9.53 Å². The van der Waals surface area contributed by atoms with Crippen LogP contribution in [0.25, 0.3) is 10.6 Å². The van der Waals surface area contributed by atoms with Crippen molar-refractivity contribution in [1.29, 1.82) is 0 Å². The second-order valence-electron chi connectivity index (χ2n) is 4.92. The van der Waals surface area contributed by atoms with Gasteiger partial charge in [0.2, 0.25) is 0 Å². The van der Waals surface area contributed by atoms with Crippen molar-refractivity contribution in [1.82, 2.24) is 10.3 Å². The van der Waals surface area contributed by atoms with Crippen LogP contribution in [0.2, 0.25) is 0 Å². The van der Waals surface area contributed by atoms with Gasteiger partial charge in [0.05, 0.1) is 6.61 Å². The Hall–Kier alpha value is -1.76. The largest absolute Gasteiger partial charge is 0.366 e. The molecule has 6 heteroatoms. The minimum atomic E-state index is -0.417. The Labute approximate surface area is 127 Å². The predicted molar refractivity (Wildman–Crippen MR) is 83.5 cm³/mol. The number of rotatable bonds is 3. The number of ether oxygens (including phenoxy) is 1. The zero-order chi connectivity index (χ0) is 14.7. The quantitative estimate of drug-likeness (QED) is 0.911. The standard InChI is InChI=1S/C15H17N3O2S/c1-10-9-21-15(17-10)11-2-4-12(5-3-11)18-14(19)13-8-16-6-7-20-13/h2-5,9,13,16H,6-8H2,1H3,(H,18,19). The van der Waals surface area contributed by atoms with Crippen molar-refractivity contribution in [2.24, 2.45) is 0 Å². The van der Waals surface area contributed by atoms with Crippen molar-refractivity contribution in [2.75, 3.05) is 25.0 Å². The summed E-state index contributed by atoms with van der Waals surface area (Å²) in [4.78, 5) is 16.5. The van der Waals surface area contributed by atoms with E-state index in [1.807, 2.05) is 36.6 Å². The Morgan fingerprint density at radius 3 is 2.86 bits per heavy atom. The molecule has 2 N–H and O–H groups in total. The van der Waals surface area contributed by atoms with Crippen LogP contribution >= 0.6 is 11.3 Å². The summed E-state index contributed by atoms with van der Waals surface area (Å²) in [5, 5.41) is 9.03. The van der Waals surface area contributed by atoms with Gasteiger partial charge >= 0.3 is 0 Å². The van der Waals surface area contributed by atoms with Crippen LogP contribution in [0.3, 0.4) is 0 Å². The highest BCUT2D eigenvalue weighted by molar-refractivity contribution is 7.13. The molecular formula is C15H17N3O2S. The molecule has 0 bridgehead atoms. The van der Waals surface area contributed by atoms with Crippen LogP contribution in [0, 0.1) is 6.92 Å². The van der Waals surface area contributed by atoms with Crippen molar-refractivity contribution < 1.29 is 9.53 Å². The number of nitrogens with one attached hydrogen (secondary N) is 2. The summed E-state index contributed by atoms with van der Waals surface area (Å²) in [5.74, 6) is -0.111. The average molecular weight is 303 g/mol. The first-order valence-corrected chi connectivity index (χ1v) is 7.76. The van der Waals surface area contributed by atoms with E-state index in [2.05, 4.69) is 15.6 Å². The molecule has 1 aliphatic heterocycles. The lowest BCUT2D eigenvalue weighted by molar-refractivity contribution is -0.128. The van der Waals surface area contributed by atoms with E-state index in [-0.39, 0.29) is 5.91 Å². The summed E-state index contributed by atoms with van der Waals surface area (Å²) >= 11 is 1.62. The van der Waals surface area contributed by atoms with E-state index in [0.717, 1.165) is 28.5 Å². The van der Waals surface area contributed by atoms with E-state index < -0.39 is 6.10 Å². The topological polar surface area (TPSA) is 63.2 Å². The molecule has 1 amide bonds. The zero-order valence-electron chi connectivity index (χ0n) is 11.8. The van der Waals surface area contributed by atoms with Crippen LogP contribution in [0.4, 0.5) is 5.69 Å². The molecule has 1 saturated heterocycles. The lowest BCUT2D eigenvalue weighted by atomic mass is 10.2. The third kappa shape index (κ3) is 3.47. The molecule has 0 spiro atoms. The highest BCUT2D eigenvalue weighted by atomic mass is 32.1. The maximum Gasteiger partial charge on any atom is 0.254 e. The van der Waals surface area contributed by atoms with Gasteiger partial charge < -0.3 is 15.4 Å². The minimum Gasteiger partial charge on any atom is -0.366 e. The van der Waals surface area contributed by atoms with Crippen LogP contribution in [0.5, 0.6) is 0 Å². The van der Waals surface area contributed by atoms with Gasteiger partial charge in [0.15, 0.2) is 0 Å². The first kappa shape index (κ1) is 14.2. The molecule has 2 heterocycles. The Bertz CT molecular complexity index is 618. The number of carbonyl (C=O) groups is 1. The van der Waals surface area contributed by atoms with Crippen molar-refractivity contribution in [2.45, 2.75) is 13.0 Å². The molecule has 1 atom stereocenters.